The average Bonchev–Trinajstić information content (AvgIpc) is 3.71. The Morgan fingerprint density at radius 2 is 1.30 bits per heavy atom. The number of anilines is 2. The van der Waals surface area contributed by atoms with Crippen LogP contribution >= 0.6 is 15.6 Å². The van der Waals surface area contributed by atoms with Gasteiger partial charge in [0.05, 0.1) is 43.4 Å². The number of nitrogens with one attached hydrogen (secondary N) is 2. The maximum absolute atomic E-state index is 12.2. The topological polar surface area (TPSA) is 264 Å². The van der Waals surface area contributed by atoms with Crippen LogP contribution in [0.2, 0.25) is 0 Å². The molecule has 0 saturated carbocycles. The maximum Gasteiger partial charge on any atom is 0.568 e. The molecule has 0 aromatic carbocycles. The van der Waals surface area contributed by atoms with Crippen molar-refractivity contribution in [3.63, 3.8) is 0 Å². The minimum absolute atomic E-state index is 0.0409. The summed E-state index contributed by atoms with van der Waals surface area (Å²) < 4.78 is 57.6. The second kappa shape index (κ2) is 18.7. The number of fused-ring (bicyclic) bond motifs is 2. The van der Waals surface area contributed by atoms with Gasteiger partial charge in [-0.15, -0.1) is 4.89 Å². The van der Waals surface area contributed by atoms with Crippen molar-refractivity contribution in [3.8, 4) is 0 Å². The van der Waals surface area contributed by atoms with Gasteiger partial charge < -0.3 is 43.6 Å². The fourth-order valence-corrected chi connectivity index (χ4v) is 5.15. The van der Waals surface area contributed by atoms with Gasteiger partial charge in [-0.25, -0.2) is 29.9 Å². The van der Waals surface area contributed by atoms with Crippen LogP contribution in [0.1, 0.15) is 41.5 Å². The molecule has 4 rings (SSSR count). The lowest BCUT2D eigenvalue weighted by atomic mass is 9.98. The molecule has 0 aliphatic heterocycles. The summed E-state index contributed by atoms with van der Waals surface area (Å²) in [7, 11) is -6.46. The number of esters is 2. The molecule has 0 radical (unpaired) electrons. The quantitative estimate of drug-likeness (QED) is 0.0273. The lowest BCUT2D eigenvalue weighted by Gasteiger charge is -2.18. The standard InChI is InChI=1S/C29H42N10O12P2/c1-28(2,3)26(40)47-16-49-51-52(42)18-45-9-7-38-14-36-20-22(32-12-34-24(20)38)30-11-31-23-21-25(35-13-33-23)39(15-37-21)8-10-46-19-53(43,44)50-17-48-27(41)29(4,5)6/h12-15H,7-11,16-19H2,1-6H3,(H2-,30,31,32,33,34,35,43,44)/p+1. The number of ether oxygens (including phenoxy) is 4. The van der Waals surface area contributed by atoms with Gasteiger partial charge in [0.25, 0.3) is 6.35 Å². The molecule has 290 valence electrons. The lowest BCUT2D eigenvalue weighted by molar-refractivity contribution is -0.261. The number of carbonyl (C=O) groups is 2. The van der Waals surface area contributed by atoms with Crippen molar-refractivity contribution in [1.29, 1.82) is 0 Å². The van der Waals surface area contributed by atoms with Gasteiger partial charge in [0, 0.05) is 17.8 Å². The molecule has 24 heteroatoms. The van der Waals surface area contributed by atoms with E-state index in [9.17, 15) is 23.6 Å². The molecule has 0 bridgehead atoms. The Bertz CT molecular complexity index is 1910. The Morgan fingerprint density at radius 1 is 0.792 bits per heavy atom. The minimum Gasteiger partial charge on any atom is -0.438 e. The highest BCUT2D eigenvalue weighted by Crippen LogP contribution is 2.41. The molecule has 0 saturated heterocycles. The third-order valence-corrected chi connectivity index (χ3v) is 8.44. The van der Waals surface area contributed by atoms with Crippen molar-refractivity contribution in [3.05, 3.63) is 25.3 Å². The van der Waals surface area contributed by atoms with Gasteiger partial charge in [-0.3, -0.25) is 18.7 Å². The number of hydrogen-bond acceptors (Lipinski definition) is 19. The Morgan fingerprint density at radius 3 is 1.83 bits per heavy atom. The van der Waals surface area contributed by atoms with Crippen molar-refractivity contribution >= 4 is 61.5 Å². The van der Waals surface area contributed by atoms with Gasteiger partial charge in [0.1, 0.15) is 30.0 Å². The fraction of sp³-hybridized carbons (Fsp3) is 0.586. The first kappa shape index (κ1) is 41.5. The smallest absolute Gasteiger partial charge is 0.438 e. The van der Waals surface area contributed by atoms with Gasteiger partial charge in [0.15, 0.2) is 22.9 Å². The molecular formula is C29H43N10O12P2+. The van der Waals surface area contributed by atoms with E-state index in [1.165, 1.54) is 12.7 Å². The van der Waals surface area contributed by atoms with Crippen LogP contribution in [0.4, 0.5) is 11.6 Å². The van der Waals surface area contributed by atoms with Crippen LogP contribution in [0.25, 0.3) is 22.3 Å². The monoisotopic (exact) mass is 785 g/mol. The van der Waals surface area contributed by atoms with Crippen LogP contribution in [-0.2, 0) is 64.8 Å². The predicted octanol–water partition coefficient (Wildman–Crippen LogP) is 3.38. The van der Waals surface area contributed by atoms with E-state index in [-0.39, 0.29) is 32.8 Å². The Balaban J connectivity index is 1.19. The van der Waals surface area contributed by atoms with Gasteiger partial charge in [-0.05, 0) is 46.1 Å². The van der Waals surface area contributed by atoms with Crippen molar-refractivity contribution in [1.82, 2.24) is 39.0 Å². The van der Waals surface area contributed by atoms with E-state index < -0.39 is 58.3 Å². The number of nitrogens with zero attached hydrogens (tertiary/aromatic N) is 8. The molecule has 0 aliphatic rings. The highest BCUT2D eigenvalue weighted by Gasteiger charge is 2.27. The molecule has 0 amide bonds. The zero-order chi connectivity index (χ0) is 38.6. The van der Waals surface area contributed by atoms with E-state index in [0.29, 0.717) is 40.5 Å². The van der Waals surface area contributed by atoms with Crippen molar-refractivity contribution in [2.24, 2.45) is 10.8 Å². The highest BCUT2D eigenvalue weighted by molar-refractivity contribution is 7.52. The van der Waals surface area contributed by atoms with Crippen molar-refractivity contribution in [2.75, 3.05) is 56.8 Å². The van der Waals surface area contributed by atoms with Crippen LogP contribution in [-0.4, -0.2) is 102 Å². The van der Waals surface area contributed by atoms with E-state index in [2.05, 4.69) is 50.1 Å². The summed E-state index contributed by atoms with van der Waals surface area (Å²) in [6, 6.07) is 0. The van der Waals surface area contributed by atoms with E-state index in [1.54, 1.807) is 63.3 Å². The highest BCUT2D eigenvalue weighted by atomic mass is 31.2. The summed E-state index contributed by atoms with van der Waals surface area (Å²) in [6.45, 7) is 9.85. The number of rotatable bonds is 21. The summed E-state index contributed by atoms with van der Waals surface area (Å²) in [6.07, 6.45) is 5.02. The molecule has 4 aromatic rings. The van der Waals surface area contributed by atoms with Crippen molar-refractivity contribution in [2.45, 2.75) is 54.6 Å². The molecule has 22 nitrogen and oxygen atoms in total. The van der Waals surface area contributed by atoms with Crippen LogP contribution in [0.3, 0.4) is 0 Å². The molecule has 53 heavy (non-hydrogen) atoms. The zero-order valence-corrected chi connectivity index (χ0v) is 31.9. The summed E-state index contributed by atoms with van der Waals surface area (Å²) in [5.41, 5.74) is 0.542. The average molecular weight is 786 g/mol. The second-order valence-electron chi connectivity index (χ2n) is 13.2. The van der Waals surface area contributed by atoms with E-state index >= 15 is 0 Å². The van der Waals surface area contributed by atoms with Crippen LogP contribution in [0.5, 0.6) is 0 Å². The van der Waals surface area contributed by atoms with E-state index in [1.807, 2.05) is 0 Å². The SMILES string of the molecule is CC(C)(C)C(=O)OCOO[P+](=O)COCCn1cnc2c(NCNc3ncnc4c3ncn4CCOCP(=O)(O)OCOC(=O)C(C)(C)C)ncnc21. The fourth-order valence-electron chi connectivity index (χ4n) is 4.02. The summed E-state index contributed by atoms with van der Waals surface area (Å²) in [4.78, 5) is 64.1. The molecular weight excluding hydrogens is 742 g/mol. The Labute approximate surface area is 304 Å². The Kier molecular flexibility index (Phi) is 14.6. The summed E-state index contributed by atoms with van der Waals surface area (Å²) in [5.74, 6) is -0.164. The number of hydrogen-bond donors (Lipinski definition) is 3. The second-order valence-corrected chi connectivity index (χ2v) is 16.0. The van der Waals surface area contributed by atoms with E-state index in [0.717, 1.165) is 0 Å². The lowest BCUT2D eigenvalue weighted by Crippen LogP contribution is -2.23. The number of aromatic nitrogens is 8. The van der Waals surface area contributed by atoms with Gasteiger partial charge in [-0.1, -0.05) is 0 Å². The molecule has 3 N–H and O–H groups in total. The third kappa shape index (κ3) is 12.7. The summed E-state index contributed by atoms with van der Waals surface area (Å²) >= 11 is 0. The van der Waals surface area contributed by atoms with Gasteiger partial charge in [-0.2, -0.15) is 0 Å². The molecule has 4 heterocycles. The van der Waals surface area contributed by atoms with Crippen LogP contribution < -0.4 is 10.6 Å². The molecule has 0 spiro atoms. The van der Waals surface area contributed by atoms with Crippen LogP contribution in [0.15, 0.2) is 25.3 Å². The normalized spacial score (nSPS) is 13.5. The first-order valence-corrected chi connectivity index (χ1v) is 19.2. The van der Waals surface area contributed by atoms with Gasteiger partial charge in [0.2, 0.25) is 13.6 Å². The number of carbonyl (C=O) groups excluding carboxylic acids is 2. The largest absolute Gasteiger partial charge is 0.568 e. The molecule has 0 fully saturated rings. The van der Waals surface area contributed by atoms with E-state index in [4.69, 9.17) is 23.5 Å². The van der Waals surface area contributed by atoms with Crippen molar-refractivity contribution < 1.29 is 56.6 Å². The van der Waals surface area contributed by atoms with Gasteiger partial charge >= 0.3 is 27.6 Å². The first-order chi connectivity index (χ1) is 25.0. The molecule has 0 aliphatic carbocycles. The first-order valence-electron chi connectivity index (χ1n) is 16.0. The number of imidazole rings is 2. The molecule has 4 aromatic heterocycles. The Hall–Kier alpha value is -4.27. The summed E-state index contributed by atoms with van der Waals surface area (Å²) in [5, 5.41) is 6.30. The maximum atomic E-state index is 12.2. The zero-order valence-electron chi connectivity index (χ0n) is 30.1. The molecule has 2 unspecified atom stereocenters. The predicted molar refractivity (Wildman–Crippen MR) is 186 cm³/mol. The van der Waals surface area contributed by atoms with Crippen LogP contribution in [0, 0.1) is 10.8 Å². The molecule has 2 atom stereocenters. The minimum atomic E-state index is -4.15. The third-order valence-electron chi connectivity index (χ3n) is 6.76.